The van der Waals surface area contributed by atoms with Crippen LogP contribution in [0, 0.1) is 5.82 Å². The molecular formula is C17H23F4N3O3. The van der Waals surface area contributed by atoms with Crippen LogP contribution in [-0.4, -0.2) is 36.7 Å². The highest BCUT2D eigenvalue weighted by atomic mass is 19.4. The Morgan fingerprint density at radius 3 is 2.59 bits per heavy atom. The summed E-state index contributed by atoms with van der Waals surface area (Å²) in [5.74, 6) is -1.35. The van der Waals surface area contributed by atoms with Gasteiger partial charge in [0.2, 0.25) is 0 Å². The van der Waals surface area contributed by atoms with Gasteiger partial charge >= 0.3 is 12.2 Å². The number of carbonyl (C=O) groups is 2. The molecule has 27 heavy (non-hydrogen) atoms. The molecule has 6 nitrogen and oxygen atoms in total. The second kappa shape index (κ2) is 11.4. The van der Waals surface area contributed by atoms with Crippen molar-refractivity contribution in [2.45, 2.75) is 44.4 Å². The number of urea groups is 1. The molecule has 2 rings (SSSR count). The van der Waals surface area contributed by atoms with E-state index in [1.807, 2.05) is 0 Å². The van der Waals surface area contributed by atoms with Gasteiger partial charge < -0.3 is 21.1 Å². The van der Waals surface area contributed by atoms with Gasteiger partial charge in [0.1, 0.15) is 5.82 Å². The normalized spacial score (nSPS) is 16.7. The highest BCUT2D eigenvalue weighted by molar-refractivity contribution is 5.73. The Bertz CT molecular complexity index is 606. The molecule has 10 heteroatoms. The van der Waals surface area contributed by atoms with Crippen LogP contribution in [-0.2, 0) is 17.5 Å². The summed E-state index contributed by atoms with van der Waals surface area (Å²) in [5, 5.41) is 15.2. The maximum Gasteiger partial charge on any atom is 0.419 e. The molecule has 1 unspecified atom stereocenters. The second-order valence-corrected chi connectivity index (χ2v) is 5.93. The second-order valence-electron chi connectivity index (χ2n) is 5.93. The fraction of sp³-hybridized carbons (Fsp3) is 0.529. The van der Waals surface area contributed by atoms with Crippen molar-refractivity contribution in [1.29, 1.82) is 0 Å². The molecule has 0 bridgehead atoms. The molecule has 0 saturated carbocycles. The lowest BCUT2D eigenvalue weighted by Crippen LogP contribution is -2.40. The highest BCUT2D eigenvalue weighted by Crippen LogP contribution is 2.32. The van der Waals surface area contributed by atoms with Crippen molar-refractivity contribution in [3.8, 4) is 0 Å². The Morgan fingerprint density at radius 1 is 1.30 bits per heavy atom. The van der Waals surface area contributed by atoms with E-state index in [-0.39, 0.29) is 18.6 Å². The number of carboxylic acid groups (broad SMARTS) is 1. The SMILES string of the molecule is O=C(NCCC1CCCCN1)NCc1cccc(C(F)(F)F)c1F.O=CO. The van der Waals surface area contributed by atoms with E-state index in [4.69, 9.17) is 9.90 Å². The number of hydrogen-bond donors (Lipinski definition) is 4. The number of hydrogen-bond acceptors (Lipinski definition) is 3. The lowest BCUT2D eigenvalue weighted by molar-refractivity contribution is -0.140. The predicted molar refractivity (Wildman–Crippen MR) is 90.6 cm³/mol. The number of carbonyl (C=O) groups excluding carboxylic acids is 1. The van der Waals surface area contributed by atoms with Crippen molar-refractivity contribution in [3.63, 3.8) is 0 Å². The largest absolute Gasteiger partial charge is 0.483 e. The Morgan fingerprint density at radius 2 is 2.00 bits per heavy atom. The van der Waals surface area contributed by atoms with Gasteiger partial charge in [0.15, 0.2) is 0 Å². The molecular weight excluding hydrogens is 370 g/mol. The van der Waals surface area contributed by atoms with E-state index < -0.39 is 23.6 Å². The fourth-order valence-corrected chi connectivity index (χ4v) is 2.70. The first-order chi connectivity index (χ1) is 12.8. The van der Waals surface area contributed by atoms with Crippen LogP contribution in [0.4, 0.5) is 22.4 Å². The summed E-state index contributed by atoms with van der Waals surface area (Å²) in [5.41, 5.74) is -1.53. The summed E-state index contributed by atoms with van der Waals surface area (Å²) in [4.78, 5) is 20.0. The number of halogens is 4. The van der Waals surface area contributed by atoms with Crippen molar-refractivity contribution in [3.05, 3.63) is 35.1 Å². The number of piperidine rings is 1. The first-order valence-electron chi connectivity index (χ1n) is 8.47. The van der Waals surface area contributed by atoms with Crippen LogP contribution >= 0.6 is 0 Å². The van der Waals surface area contributed by atoms with Gasteiger partial charge in [-0.1, -0.05) is 18.6 Å². The van der Waals surface area contributed by atoms with Gasteiger partial charge in [-0.05, 0) is 31.9 Å². The van der Waals surface area contributed by atoms with Gasteiger partial charge in [-0.15, -0.1) is 0 Å². The zero-order valence-corrected chi connectivity index (χ0v) is 14.6. The maximum atomic E-state index is 13.8. The summed E-state index contributed by atoms with van der Waals surface area (Å²) in [6.07, 6.45) is -0.578. The Hall–Kier alpha value is -2.36. The third kappa shape index (κ3) is 8.25. The fourth-order valence-electron chi connectivity index (χ4n) is 2.70. The molecule has 2 amide bonds. The average molecular weight is 393 g/mol. The van der Waals surface area contributed by atoms with E-state index in [0.29, 0.717) is 18.7 Å². The summed E-state index contributed by atoms with van der Waals surface area (Å²) in [6, 6.07) is 2.87. The van der Waals surface area contributed by atoms with Gasteiger partial charge in [-0.3, -0.25) is 4.79 Å². The van der Waals surface area contributed by atoms with Crippen LogP contribution in [0.15, 0.2) is 18.2 Å². The smallest absolute Gasteiger partial charge is 0.419 e. The van der Waals surface area contributed by atoms with Crippen LogP contribution in [0.25, 0.3) is 0 Å². The molecule has 1 saturated heterocycles. The molecule has 1 fully saturated rings. The summed E-state index contributed by atoms with van der Waals surface area (Å²) >= 11 is 0. The molecule has 152 valence electrons. The van der Waals surface area contributed by atoms with Gasteiger partial charge in [0.05, 0.1) is 5.56 Å². The standard InChI is InChI=1S/C16H21F4N3O.CH2O2/c17-14-11(4-3-6-13(14)16(18,19)20)10-23-15(24)22-9-7-12-5-1-2-8-21-12;2-1-3/h3-4,6,12,21H,1-2,5,7-10H2,(H2,22,23,24);1H,(H,2,3). The molecule has 0 aliphatic carbocycles. The maximum absolute atomic E-state index is 13.8. The summed E-state index contributed by atoms with van der Waals surface area (Å²) in [6.45, 7) is 0.878. The van der Waals surface area contributed by atoms with Crippen LogP contribution in [0.1, 0.15) is 36.8 Å². The van der Waals surface area contributed by atoms with Crippen LogP contribution in [0.3, 0.4) is 0 Å². The minimum Gasteiger partial charge on any atom is -0.483 e. The molecule has 0 spiro atoms. The van der Waals surface area contributed by atoms with E-state index in [2.05, 4.69) is 16.0 Å². The zero-order valence-electron chi connectivity index (χ0n) is 14.6. The minimum absolute atomic E-state index is 0.200. The lowest BCUT2D eigenvalue weighted by Gasteiger charge is -2.23. The Labute approximate surface area is 154 Å². The van der Waals surface area contributed by atoms with Crippen LogP contribution in [0.5, 0.6) is 0 Å². The Kier molecular flexibility index (Phi) is 9.55. The van der Waals surface area contributed by atoms with Crippen molar-refractivity contribution < 1.29 is 32.3 Å². The molecule has 0 aromatic heterocycles. The molecule has 1 heterocycles. The molecule has 0 radical (unpaired) electrons. The zero-order chi connectivity index (χ0) is 20.3. The predicted octanol–water partition coefficient (Wildman–Crippen LogP) is 2.88. The van der Waals surface area contributed by atoms with E-state index >= 15 is 0 Å². The van der Waals surface area contributed by atoms with Crippen molar-refractivity contribution in [1.82, 2.24) is 16.0 Å². The number of rotatable bonds is 5. The first-order valence-corrected chi connectivity index (χ1v) is 8.47. The van der Waals surface area contributed by atoms with Gasteiger partial charge in [-0.2, -0.15) is 13.2 Å². The molecule has 4 N–H and O–H groups in total. The summed E-state index contributed by atoms with van der Waals surface area (Å²) < 4.78 is 51.7. The van der Waals surface area contributed by atoms with Gasteiger partial charge in [0.25, 0.3) is 6.47 Å². The topological polar surface area (TPSA) is 90.5 Å². The van der Waals surface area contributed by atoms with Crippen LogP contribution < -0.4 is 16.0 Å². The van der Waals surface area contributed by atoms with Crippen LogP contribution in [0.2, 0.25) is 0 Å². The Balaban J connectivity index is 0.00000114. The van der Waals surface area contributed by atoms with E-state index in [9.17, 15) is 22.4 Å². The molecule has 1 aliphatic heterocycles. The van der Waals surface area contributed by atoms with Crippen molar-refractivity contribution in [2.24, 2.45) is 0 Å². The van der Waals surface area contributed by atoms with Gasteiger partial charge in [0, 0.05) is 24.7 Å². The lowest BCUT2D eigenvalue weighted by atomic mass is 10.0. The van der Waals surface area contributed by atoms with E-state index in [1.165, 1.54) is 12.5 Å². The summed E-state index contributed by atoms with van der Waals surface area (Å²) in [7, 11) is 0. The highest BCUT2D eigenvalue weighted by Gasteiger charge is 2.34. The number of benzene rings is 1. The monoisotopic (exact) mass is 393 g/mol. The number of amides is 2. The number of alkyl halides is 3. The van der Waals surface area contributed by atoms with Crippen molar-refractivity contribution >= 4 is 12.5 Å². The molecule has 1 aliphatic rings. The average Bonchev–Trinajstić information content (AvgIpc) is 2.61. The van der Waals surface area contributed by atoms with Gasteiger partial charge in [-0.25, -0.2) is 9.18 Å². The minimum atomic E-state index is -4.75. The number of nitrogens with one attached hydrogen (secondary N) is 3. The van der Waals surface area contributed by atoms with Crippen molar-refractivity contribution in [2.75, 3.05) is 13.1 Å². The third-order valence-electron chi connectivity index (χ3n) is 4.01. The molecule has 1 atom stereocenters. The molecule has 1 aromatic carbocycles. The van der Waals surface area contributed by atoms with E-state index in [1.54, 1.807) is 0 Å². The molecule has 1 aromatic rings. The first kappa shape index (κ1) is 22.7. The third-order valence-corrected chi connectivity index (χ3v) is 4.01. The quantitative estimate of drug-likeness (QED) is 0.457. The van der Waals surface area contributed by atoms with E-state index in [0.717, 1.165) is 31.9 Å².